The van der Waals surface area contributed by atoms with Gasteiger partial charge in [-0.3, -0.25) is 4.79 Å². The van der Waals surface area contributed by atoms with E-state index in [9.17, 15) is 13.2 Å². The van der Waals surface area contributed by atoms with Crippen molar-refractivity contribution < 1.29 is 13.2 Å². The largest absolute Gasteiger partial charge is 0.326 e. The van der Waals surface area contributed by atoms with Crippen molar-refractivity contribution in [3.63, 3.8) is 0 Å². The Kier molecular flexibility index (Phi) is 5.79. The molecule has 2 N–H and O–H groups in total. The van der Waals surface area contributed by atoms with Crippen LogP contribution < -0.4 is 10.0 Å². The monoisotopic (exact) mass is 366 g/mol. The number of carbonyl (C=O) groups excluding carboxylic acids is 1. The van der Waals surface area contributed by atoms with Crippen LogP contribution in [0.25, 0.3) is 0 Å². The number of thiophene rings is 1. The van der Waals surface area contributed by atoms with E-state index in [4.69, 9.17) is 0 Å². The first-order valence-electron chi connectivity index (χ1n) is 7.65. The van der Waals surface area contributed by atoms with Crippen LogP contribution in [0.15, 0.2) is 35.2 Å². The minimum absolute atomic E-state index is 0.0721. The minimum Gasteiger partial charge on any atom is -0.326 e. The molecular formula is C17H22N2O3S2. The number of rotatable bonds is 6. The summed E-state index contributed by atoms with van der Waals surface area (Å²) < 4.78 is 27.5. The van der Waals surface area contributed by atoms with Gasteiger partial charge in [0.2, 0.25) is 15.9 Å². The third kappa shape index (κ3) is 4.66. The Balaban J connectivity index is 2.09. The summed E-state index contributed by atoms with van der Waals surface area (Å²) in [6, 6.07) is 8.85. The number of hydrogen-bond acceptors (Lipinski definition) is 4. The van der Waals surface area contributed by atoms with Crippen molar-refractivity contribution in [3.8, 4) is 0 Å². The molecule has 1 aromatic carbocycles. The van der Waals surface area contributed by atoms with Crippen molar-refractivity contribution in [3.05, 3.63) is 45.6 Å². The molecule has 0 aliphatic rings. The summed E-state index contributed by atoms with van der Waals surface area (Å²) >= 11 is 1.46. The van der Waals surface area contributed by atoms with Crippen LogP contribution in [0.4, 0.5) is 5.69 Å². The molecule has 2 rings (SSSR count). The van der Waals surface area contributed by atoms with Crippen LogP contribution in [0.5, 0.6) is 0 Å². The lowest BCUT2D eigenvalue weighted by molar-refractivity contribution is -0.118. The fourth-order valence-corrected chi connectivity index (χ4v) is 4.75. The van der Waals surface area contributed by atoms with E-state index in [1.807, 2.05) is 26.8 Å². The Morgan fingerprint density at radius 3 is 2.50 bits per heavy atom. The maximum atomic E-state index is 12.4. The lowest BCUT2D eigenvalue weighted by atomic mass is 10.1. The summed E-state index contributed by atoms with van der Waals surface area (Å²) in [6.45, 7) is 7.49. The average molecular weight is 367 g/mol. The van der Waals surface area contributed by atoms with E-state index in [0.717, 1.165) is 15.3 Å². The molecule has 24 heavy (non-hydrogen) atoms. The zero-order valence-corrected chi connectivity index (χ0v) is 15.8. The molecule has 0 aliphatic carbocycles. The minimum atomic E-state index is -3.54. The van der Waals surface area contributed by atoms with E-state index in [-0.39, 0.29) is 18.4 Å². The Labute approximate surface area is 147 Å². The molecule has 7 heteroatoms. The number of sulfonamides is 1. The predicted molar refractivity (Wildman–Crippen MR) is 97.7 cm³/mol. The Hall–Kier alpha value is -1.70. The molecule has 0 unspecified atom stereocenters. The molecule has 2 aromatic rings. The molecule has 0 saturated heterocycles. The second-order valence-corrected chi connectivity index (χ2v) is 9.14. The molecule has 0 aliphatic heterocycles. The highest BCUT2D eigenvalue weighted by Crippen LogP contribution is 2.25. The number of aryl methyl sites for hydroxylation is 2. The third-order valence-corrected chi connectivity index (χ3v) is 6.09. The van der Waals surface area contributed by atoms with Gasteiger partial charge < -0.3 is 5.32 Å². The summed E-state index contributed by atoms with van der Waals surface area (Å²) in [5.74, 6) is -0.186. The Morgan fingerprint density at radius 2 is 1.92 bits per heavy atom. The molecule has 1 heterocycles. The first kappa shape index (κ1) is 18.6. The van der Waals surface area contributed by atoms with E-state index in [2.05, 4.69) is 10.0 Å². The number of benzene rings is 1. The molecule has 0 saturated carbocycles. The normalized spacial score (nSPS) is 11.7. The first-order chi connectivity index (χ1) is 11.2. The van der Waals surface area contributed by atoms with Crippen LogP contribution in [0.2, 0.25) is 0 Å². The van der Waals surface area contributed by atoms with Crippen LogP contribution in [0, 0.1) is 19.8 Å². The summed E-state index contributed by atoms with van der Waals surface area (Å²) in [6.07, 6.45) is 0. The molecule has 1 aromatic heterocycles. The highest BCUT2D eigenvalue weighted by atomic mass is 32.2. The van der Waals surface area contributed by atoms with Crippen molar-refractivity contribution in [2.45, 2.75) is 39.1 Å². The van der Waals surface area contributed by atoms with Gasteiger partial charge in [-0.1, -0.05) is 26.0 Å². The van der Waals surface area contributed by atoms with Crippen LogP contribution in [-0.2, 0) is 21.4 Å². The smallest absolute Gasteiger partial charge is 0.241 e. The second kappa shape index (κ2) is 7.46. The quantitative estimate of drug-likeness (QED) is 0.822. The summed E-state index contributed by atoms with van der Waals surface area (Å²) in [4.78, 5) is 13.8. The van der Waals surface area contributed by atoms with Crippen molar-refractivity contribution in [1.82, 2.24) is 4.72 Å². The van der Waals surface area contributed by atoms with Gasteiger partial charge in [-0.2, -0.15) is 0 Å². The van der Waals surface area contributed by atoms with Crippen LogP contribution in [0.1, 0.15) is 29.2 Å². The molecule has 130 valence electrons. The lowest BCUT2D eigenvalue weighted by Gasteiger charge is -2.10. The van der Waals surface area contributed by atoms with Gasteiger partial charge in [0.15, 0.2) is 0 Å². The maximum Gasteiger partial charge on any atom is 0.241 e. The van der Waals surface area contributed by atoms with Gasteiger partial charge in [0.1, 0.15) is 0 Å². The molecule has 5 nitrogen and oxygen atoms in total. The highest BCUT2D eigenvalue weighted by Gasteiger charge is 2.18. The van der Waals surface area contributed by atoms with Crippen LogP contribution in [0.3, 0.4) is 0 Å². The highest BCUT2D eigenvalue weighted by molar-refractivity contribution is 7.89. The number of nitrogens with one attached hydrogen (secondary N) is 2. The number of carbonyl (C=O) groups is 1. The van der Waals surface area contributed by atoms with E-state index >= 15 is 0 Å². The van der Waals surface area contributed by atoms with Gasteiger partial charge >= 0.3 is 0 Å². The first-order valence-corrected chi connectivity index (χ1v) is 9.95. The molecule has 0 radical (unpaired) electrons. The standard InChI is InChI=1S/C17H22N2O3S2/c1-11(2)17(20)19-15-7-5-6-14(9-15)10-18-24(21,22)16-8-12(3)23-13(16)4/h5-9,11,18H,10H2,1-4H3,(H,19,20). The number of anilines is 1. The topological polar surface area (TPSA) is 75.3 Å². The van der Waals surface area contributed by atoms with E-state index in [1.165, 1.54) is 11.3 Å². The third-order valence-electron chi connectivity index (χ3n) is 3.47. The lowest BCUT2D eigenvalue weighted by Crippen LogP contribution is -2.23. The van der Waals surface area contributed by atoms with Gasteiger partial charge in [0, 0.05) is 27.9 Å². The fraction of sp³-hybridized carbons (Fsp3) is 0.353. The van der Waals surface area contributed by atoms with E-state index in [0.29, 0.717) is 10.6 Å². The molecule has 0 atom stereocenters. The summed E-state index contributed by atoms with van der Waals surface area (Å²) in [7, 11) is -3.54. The van der Waals surface area contributed by atoms with Gasteiger partial charge in [0.05, 0.1) is 4.90 Å². The predicted octanol–water partition coefficient (Wildman–Crippen LogP) is 3.44. The van der Waals surface area contributed by atoms with Gasteiger partial charge in [-0.15, -0.1) is 11.3 Å². The molecule has 0 bridgehead atoms. The van der Waals surface area contributed by atoms with Gasteiger partial charge in [-0.25, -0.2) is 13.1 Å². The SMILES string of the molecule is Cc1cc(S(=O)(=O)NCc2cccc(NC(=O)C(C)C)c2)c(C)s1. The zero-order valence-electron chi connectivity index (χ0n) is 14.2. The maximum absolute atomic E-state index is 12.4. The van der Waals surface area contributed by atoms with Gasteiger partial charge in [-0.05, 0) is 37.6 Å². The number of amides is 1. The number of hydrogen-bond donors (Lipinski definition) is 2. The Bertz CT molecular complexity index is 839. The summed E-state index contributed by atoms with van der Waals surface area (Å²) in [5.41, 5.74) is 1.44. The van der Waals surface area contributed by atoms with E-state index < -0.39 is 10.0 Å². The van der Waals surface area contributed by atoms with Crippen molar-refractivity contribution in [2.24, 2.45) is 5.92 Å². The van der Waals surface area contributed by atoms with Crippen LogP contribution >= 0.6 is 11.3 Å². The zero-order chi connectivity index (χ0) is 17.9. The fourth-order valence-electron chi connectivity index (χ4n) is 2.18. The van der Waals surface area contributed by atoms with E-state index in [1.54, 1.807) is 31.2 Å². The van der Waals surface area contributed by atoms with Gasteiger partial charge in [0.25, 0.3) is 0 Å². The Morgan fingerprint density at radius 1 is 1.21 bits per heavy atom. The molecule has 0 fully saturated rings. The van der Waals surface area contributed by atoms with Crippen molar-refractivity contribution in [1.29, 1.82) is 0 Å². The average Bonchev–Trinajstić information content (AvgIpc) is 2.85. The van der Waals surface area contributed by atoms with Crippen molar-refractivity contribution in [2.75, 3.05) is 5.32 Å². The molecular weight excluding hydrogens is 344 g/mol. The van der Waals surface area contributed by atoms with Crippen molar-refractivity contribution >= 4 is 33.0 Å². The molecule has 0 spiro atoms. The second-order valence-electron chi connectivity index (χ2n) is 5.95. The molecule has 1 amide bonds. The summed E-state index contributed by atoms with van der Waals surface area (Å²) in [5, 5.41) is 2.81. The van der Waals surface area contributed by atoms with Crippen LogP contribution in [-0.4, -0.2) is 14.3 Å².